The summed E-state index contributed by atoms with van der Waals surface area (Å²) in [5.74, 6) is -1.26. The lowest BCUT2D eigenvalue weighted by molar-refractivity contribution is -0.131. The number of likely N-dealkylation sites (tertiary alicyclic amines) is 1. The average Bonchev–Trinajstić information content (AvgIpc) is 3.14. The van der Waals surface area contributed by atoms with Crippen LogP contribution in [0.3, 0.4) is 0 Å². The van der Waals surface area contributed by atoms with Gasteiger partial charge in [-0.3, -0.25) is 14.5 Å². The lowest BCUT2D eigenvalue weighted by atomic mass is 9.99. The molecule has 0 spiro atoms. The zero-order valence-corrected chi connectivity index (χ0v) is 23.6. The fourth-order valence-corrected chi connectivity index (χ4v) is 6.14. The molecule has 2 aromatic carbocycles. The van der Waals surface area contributed by atoms with Crippen LogP contribution >= 0.6 is 27.0 Å². The first-order chi connectivity index (χ1) is 16.0. The van der Waals surface area contributed by atoms with E-state index < -0.39 is 21.5 Å². The molecule has 198 valence electrons. The molecular formula is C25H35N3O5S3. The molecule has 2 heterocycles. The molecule has 0 aliphatic carbocycles. The number of aryl methyl sites for hydroxylation is 2. The number of β-amino-alcohol motifs (C(OH)–C–C–N with tert-alkyl or cyclic N) is 1. The number of aliphatic hydroxyl groups excluding tert-OH is 1. The Hall–Kier alpha value is -2.05. The van der Waals surface area contributed by atoms with Crippen LogP contribution in [0, 0.1) is 13.8 Å². The van der Waals surface area contributed by atoms with Gasteiger partial charge in [0, 0.05) is 26.7 Å². The summed E-state index contributed by atoms with van der Waals surface area (Å²) in [7, 11) is -1.88. The van der Waals surface area contributed by atoms with Crippen molar-refractivity contribution in [3.05, 3.63) is 58.7 Å². The number of sulfone groups is 1. The highest BCUT2D eigenvalue weighted by molar-refractivity contribution is 7.92. The summed E-state index contributed by atoms with van der Waals surface area (Å²) in [5, 5.41) is 12.6. The van der Waals surface area contributed by atoms with Crippen molar-refractivity contribution in [2.45, 2.75) is 43.7 Å². The normalized spacial score (nSPS) is 19.3. The van der Waals surface area contributed by atoms with Gasteiger partial charge in [-0.2, -0.15) is 27.0 Å². The van der Waals surface area contributed by atoms with Crippen molar-refractivity contribution in [3.63, 3.8) is 0 Å². The molecule has 11 heteroatoms. The van der Waals surface area contributed by atoms with Gasteiger partial charge in [0.05, 0.1) is 29.1 Å². The Kier molecular flexibility index (Phi) is 10.1. The van der Waals surface area contributed by atoms with Gasteiger partial charge >= 0.3 is 0 Å². The molecule has 2 atom stereocenters. The minimum atomic E-state index is -3.66. The van der Waals surface area contributed by atoms with Crippen molar-refractivity contribution in [2.75, 3.05) is 37.8 Å². The number of nitrogens with one attached hydrogen (secondary N) is 1. The molecule has 0 saturated carbocycles. The zero-order valence-electron chi connectivity index (χ0n) is 20.7. The molecule has 0 radical (unpaired) electrons. The first-order valence-corrected chi connectivity index (χ1v) is 13.1. The van der Waals surface area contributed by atoms with Crippen LogP contribution in [0.4, 0.5) is 5.69 Å². The Bertz CT molecular complexity index is 1220. The van der Waals surface area contributed by atoms with Gasteiger partial charge in [0.25, 0.3) is 0 Å². The first-order valence-electron chi connectivity index (χ1n) is 11.4. The van der Waals surface area contributed by atoms with E-state index in [1.165, 1.54) is 6.07 Å². The summed E-state index contributed by atoms with van der Waals surface area (Å²) in [6.07, 6.45) is 0.452. The molecule has 0 aromatic heterocycles. The zero-order chi connectivity index (χ0) is 24.6. The van der Waals surface area contributed by atoms with Crippen molar-refractivity contribution < 1.29 is 23.1 Å². The van der Waals surface area contributed by atoms with Crippen molar-refractivity contribution in [1.82, 2.24) is 9.80 Å². The molecule has 4 rings (SSSR count). The predicted octanol–water partition coefficient (Wildman–Crippen LogP) is 2.06. The monoisotopic (exact) mass is 553 g/mol. The van der Waals surface area contributed by atoms with Crippen LogP contribution in [0.1, 0.15) is 34.7 Å². The van der Waals surface area contributed by atoms with Gasteiger partial charge in [-0.1, -0.05) is 35.4 Å². The predicted molar refractivity (Wildman–Crippen MR) is 150 cm³/mol. The third-order valence-corrected chi connectivity index (χ3v) is 8.17. The maximum atomic E-state index is 13.3. The Morgan fingerprint density at radius 1 is 1.17 bits per heavy atom. The lowest BCUT2D eigenvalue weighted by Crippen LogP contribution is -2.39. The molecule has 2 aliphatic rings. The van der Waals surface area contributed by atoms with E-state index in [1.807, 2.05) is 13.8 Å². The van der Waals surface area contributed by atoms with Gasteiger partial charge < -0.3 is 15.3 Å². The van der Waals surface area contributed by atoms with Crippen molar-refractivity contribution in [2.24, 2.45) is 0 Å². The van der Waals surface area contributed by atoms with Gasteiger partial charge in [-0.25, -0.2) is 8.42 Å². The van der Waals surface area contributed by atoms with Crippen molar-refractivity contribution in [3.8, 4) is 0 Å². The third-order valence-electron chi connectivity index (χ3n) is 6.50. The summed E-state index contributed by atoms with van der Waals surface area (Å²) < 4.78 is 24.5. The molecule has 2 aliphatic heterocycles. The second kappa shape index (κ2) is 12.0. The number of rotatable bonds is 6. The minimum Gasteiger partial charge on any atom is -0.392 e. The standard InChI is InChI=1S/C25H31N3O5S.2H2S/c1-16-8-17(2)10-19(9-16)22(14-28-7-6-20(29)13-28)27(3)25(31)12-18-4-5-23-21(11-18)26-24(30)15-34(23,32)33;;/h4-5,8-11,20,22,29H,6-7,12-15H2,1-3H3,(H,26,30);2*1H2/t20-,22-;;/m1../s1. The van der Waals surface area contributed by atoms with Crippen LogP contribution in [0.25, 0.3) is 0 Å². The highest BCUT2D eigenvalue weighted by Crippen LogP contribution is 2.29. The van der Waals surface area contributed by atoms with E-state index in [4.69, 9.17) is 0 Å². The number of hydrogen-bond donors (Lipinski definition) is 2. The number of fused-ring (bicyclic) bond motifs is 1. The lowest BCUT2D eigenvalue weighted by Gasteiger charge is -2.32. The van der Waals surface area contributed by atoms with Crippen molar-refractivity contribution >= 4 is 54.3 Å². The first kappa shape index (κ1) is 30.2. The molecule has 2 amide bonds. The summed E-state index contributed by atoms with van der Waals surface area (Å²) in [4.78, 5) is 29.1. The van der Waals surface area contributed by atoms with Gasteiger partial charge in [0.1, 0.15) is 5.75 Å². The van der Waals surface area contributed by atoms with Crippen LogP contribution in [0.2, 0.25) is 0 Å². The fourth-order valence-electron chi connectivity index (χ4n) is 4.84. The fraction of sp³-hybridized carbons (Fsp3) is 0.440. The van der Waals surface area contributed by atoms with E-state index in [0.717, 1.165) is 29.7 Å². The largest absolute Gasteiger partial charge is 0.392 e. The van der Waals surface area contributed by atoms with E-state index in [0.29, 0.717) is 18.7 Å². The molecule has 0 unspecified atom stereocenters. The number of aliphatic hydroxyl groups is 1. The second-order valence-corrected chi connectivity index (χ2v) is 11.4. The van der Waals surface area contributed by atoms with E-state index in [-0.39, 0.29) is 62.0 Å². The van der Waals surface area contributed by atoms with Crippen LogP contribution in [0.5, 0.6) is 0 Å². The van der Waals surface area contributed by atoms with Gasteiger partial charge in [0.2, 0.25) is 11.8 Å². The van der Waals surface area contributed by atoms with Crippen LogP contribution in [-0.2, 0) is 25.8 Å². The average molecular weight is 554 g/mol. The Balaban J connectivity index is 0.00000228. The summed E-state index contributed by atoms with van der Waals surface area (Å²) in [6.45, 7) is 6.04. The topological polar surface area (TPSA) is 107 Å². The van der Waals surface area contributed by atoms with E-state index >= 15 is 0 Å². The van der Waals surface area contributed by atoms with Crippen LogP contribution in [-0.4, -0.2) is 73.7 Å². The van der Waals surface area contributed by atoms with Gasteiger partial charge in [-0.05, 0) is 43.5 Å². The van der Waals surface area contributed by atoms with Crippen molar-refractivity contribution in [1.29, 1.82) is 0 Å². The molecule has 1 saturated heterocycles. The molecular weight excluding hydrogens is 518 g/mol. The number of carbonyl (C=O) groups is 2. The number of carbonyl (C=O) groups excluding carboxylic acids is 2. The maximum Gasteiger partial charge on any atom is 0.239 e. The number of hydrogen-bond acceptors (Lipinski definition) is 6. The second-order valence-electron chi connectivity index (χ2n) is 9.46. The minimum absolute atomic E-state index is 0. The smallest absolute Gasteiger partial charge is 0.239 e. The van der Waals surface area contributed by atoms with E-state index in [1.54, 1.807) is 24.1 Å². The molecule has 8 nitrogen and oxygen atoms in total. The third kappa shape index (κ3) is 6.83. The summed E-state index contributed by atoms with van der Waals surface area (Å²) >= 11 is 0. The van der Waals surface area contributed by atoms with E-state index in [9.17, 15) is 23.1 Å². The maximum absolute atomic E-state index is 13.3. The Morgan fingerprint density at radius 2 is 1.83 bits per heavy atom. The molecule has 2 aromatic rings. The quantitative estimate of drug-likeness (QED) is 0.567. The summed E-state index contributed by atoms with van der Waals surface area (Å²) in [6, 6.07) is 10.7. The Labute approximate surface area is 226 Å². The number of benzene rings is 2. The molecule has 2 N–H and O–H groups in total. The SMILES string of the molecule is Cc1cc(C)cc([C@@H](CN2CC[C@@H](O)C2)N(C)C(=O)Cc2ccc3c(c2)NC(=O)CS3(=O)=O)c1.S.S. The number of anilines is 1. The highest BCUT2D eigenvalue weighted by atomic mass is 32.2. The highest BCUT2D eigenvalue weighted by Gasteiger charge is 2.30. The summed E-state index contributed by atoms with van der Waals surface area (Å²) in [5.41, 5.74) is 4.13. The molecule has 36 heavy (non-hydrogen) atoms. The van der Waals surface area contributed by atoms with Crippen LogP contribution in [0.15, 0.2) is 41.3 Å². The Morgan fingerprint density at radius 3 is 2.44 bits per heavy atom. The molecule has 0 bridgehead atoms. The number of nitrogens with zero attached hydrogens (tertiary/aromatic N) is 2. The van der Waals surface area contributed by atoms with Gasteiger partial charge in [-0.15, -0.1) is 0 Å². The molecule has 1 fully saturated rings. The number of likely N-dealkylation sites (N-methyl/N-ethyl adjacent to an activating group) is 1. The van der Waals surface area contributed by atoms with E-state index in [2.05, 4.69) is 28.4 Å². The van der Waals surface area contributed by atoms with Gasteiger partial charge in [0.15, 0.2) is 9.84 Å². The number of amides is 2. The van der Waals surface area contributed by atoms with Crippen LogP contribution < -0.4 is 5.32 Å².